The molecule has 1 aliphatic heterocycles. The molecule has 30 heavy (non-hydrogen) atoms. The molecule has 1 aliphatic rings. The zero-order valence-corrected chi connectivity index (χ0v) is 18.8. The van der Waals surface area contributed by atoms with E-state index in [1.54, 1.807) is 6.20 Å². The number of guanidine groups is 1. The van der Waals surface area contributed by atoms with Crippen molar-refractivity contribution in [3.8, 4) is 0 Å². The number of nitrogens with zero attached hydrogens (tertiary/aromatic N) is 3. The fourth-order valence-electron chi connectivity index (χ4n) is 3.21. The molecule has 0 saturated carbocycles. The normalized spacial score (nSPS) is 14.4. The Hall–Kier alpha value is -2.11. The maximum Gasteiger partial charge on any atom is 0.416 e. The summed E-state index contributed by atoms with van der Waals surface area (Å²) >= 11 is 0. The van der Waals surface area contributed by atoms with E-state index in [1.807, 2.05) is 12.1 Å². The van der Waals surface area contributed by atoms with Gasteiger partial charge in [0.1, 0.15) is 11.6 Å². The van der Waals surface area contributed by atoms with Crippen LogP contribution in [0.1, 0.15) is 29.5 Å². The van der Waals surface area contributed by atoms with Crippen LogP contribution >= 0.6 is 24.0 Å². The number of aliphatic imine (C=N–C) groups is 1. The van der Waals surface area contributed by atoms with E-state index >= 15 is 0 Å². The Kier molecular flexibility index (Phi) is 8.68. The van der Waals surface area contributed by atoms with E-state index < -0.39 is 17.6 Å². The number of halogens is 5. The summed E-state index contributed by atoms with van der Waals surface area (Å²) in [6.07, 6.45) is -0.497. The lowest BCUT2D eigenvalue weighted by Crippen LogP contribution is -2.36. The van der Waals surface area contributed by atoms with Gasteiger partial charge in [0, 0.05) is 39.4 Å². The summed E-state index contributed by atoms with van der Waals surface area (Å²) in [6, 6.07) is 6.56. The summed E-state index contributed by atoms with van der Waals surface area (Å²) in [5, 5.41) is 5.88. The van der Waals surface area contributed by atoms with Gasteiger partial charge in [0.25, 0.3) is 0 Å². The van der Waals surface area contributed by atoms with E-state index in [2.05, 4.69) is 25.5 Å². The standard InChI is InChI=1S/C20H23F4N5.HI/c1-25-19(28-13-15-5-6-16(21)10-17(15)20(22,23)24)27-12-14-4-7-18(26-11-14)29-8-2-3-9-29;/h4-7,10-11H,2-3,8-9,12-13H2,1H3,(H2,25,27,28);1H. The van der Waals surface area contributed by atoms with Crippen LogP contribution in [0.15, 0.2) is 41.5 Å². The van der Waals surface area contributed by atoms with Crippen molar-refractivity contribution in [1.82, 2.24) is 15.6 Å². The third-order valence-corrected chi connectivity index (χ3v) is 4.75. The Morgan fingerprint density at radius 1 is 1.10 bits per heavy atom. The van der Waals surface area contributed by atoms with Crippen LogP contribution in [-0.2, 0) is 19.3 Å². The van der Waals surface area contributed by atoms with E-state index in [-0.39, 0.29) is 36.1 Å². The van der Waals surface area contributed by atoms with E-state index in [4.69, 9.17) is 0 Å². The van der Waals surface area contributed by atoms with Gasteiger partial charge in [-0.1, -0.05) is 12.1 Å². The van der Waals surface area contributed by atoms with Crippen LogP contribution in [0.3, 0.4) is 0 Å². The molecule has 2 heterocycles. The molecular formula is C20H24F4IN5. The predicted molar refractivity (Wildman–Crippen MR) is 120 cm³/mol. The molecule has 0 spiro atoms. The maximum absolute atomic E-state index is 13.2. The first kappa shape index (κ1) is 24.2. The molecule has 0 radical (unpaired) electrons. The number of aromatic nitrogens is 1. The quantitative estimate of drug-likeness (QED) is 0.258. The third kappa shape index (κ3) is 6.44. The SMILES string of the molecule is CN=C(NCc1ccc(N2CCCC2)nc1)NCc1ccc(F)cc1C(F)(F)F.I. The maximum atomic E-state index is 13.2. The molecule has 1 fully saturated rings. The smallest absolute Gasteiger partial charge is 0.357 e. The largest absolute Gasteiger partial charge is 0.416 e. The number of rotatable bonds is 5. The van der Waals surface area contributed by atoms with Crippen molar-refractivity contribution in [2.75, 3.05) is 25.0 Å². The van der Waals surface area contributed by atoms with Crippen LogP contribution < -0.4 is 15.5 Å². The van der Waals surface area contributed by atoms with Crippen LogP contribution in [0.4, 0.5) is 23.4 Å². The monoisotopic (exact) mass is 537 g/mol. The minimum absolute atomic E-state index is 0. The molecule has 164 valence electrons. The topological polar surface area (TPSA) is 52.6 Å². The lowest BCUT2D eigenvalue weighted by atomic mass is 10.1. The molecule has 10 heteroatoms. The van der Waals surface area contributed by atoms with Gasteiger partial charge in [0.05, 0.1) is 5.56 Å². The number of benzene rings is 1. The van der Waals surface area contributed by atoms with Gasteiger partial charge >= 0.3 is 6.18 Å². The highest BCUT2D eigenvalue weighted by molar-refractivity contribution is 14.0. The van der Waals surface area contributed by atoms with Gasteiger partial charge in [-0.3, -0.25) is 4.99 Å². The van der Waals surface area contributed by atoms with Gasteiger partial charge in [0.2, 0.25) is 0 Å². The fourth-order valence-corrected chi connectivity index (χ4v) is 3.21. The van der Waals surface area contributed by atoms with Crippen LogP contribution in [-0.4, -0.2) is 31.1 Å². The third-order valence-electron chi connectivity index (χ3n) is 4.75. The summed E-state index contributed by atoms with van der Waals surface area (Å²) in [6.45, 7) is 2.32. The Morgan fingerprint density at radius 3 is 2.40 bits per heavy atom. The second kappa shape index (κ2) is 10.8. The van der Waals surface area contributed by atoms with Crippen molar-refractivity contribution >= 4 is 35.8 Å². The van der Waals surface area contributed by atoms with E-state index in [0.717, 1.165) is 36.6 Å². The lowest BCUT2D eigenvalue weighted by Gasteiger charge is -2.17. The van der Waals surface area contributed by atoms with Gasteiger partial charge in [-0.2, -0.15) is 13.2 Å². The highest BCUT2D eigenvalue weighted by atomic mass is 127. The molecule has 2 aromatic rings. The van der Waals surface area contributed by atoms with Crippen molar-refractivity contribution in [3.05, 3.63) is 59.0 Å². The molecule has 1 aromatic heterocycles. The molecule has 3 rings (SSSR count). The Morgan fingerprint density at radius 2 is 1.80 bits per heavy atom. The minimum atomic E-state index is -4.63. The van der Waals surface area contributed by atoms with Gasteiger partial charge in [-0.25, -0.2) is 9.37 Å². The van der Waals surface area contributed by atoms with Crippen molar-refractivity contribution < 1.29 is 17.6 Å². The molecule has 1 saturated heterocycles. The van der Waals surface area contributed by atoms with Crippen LogP contribution in [0.5, 0.6) is 0 Å². The Bertz CT molecular complexity index is 849. The van der Waals surface area contributed by atoms with E-state index in [1.165, 1.54) is 19.9 Å². The average molecular weight is 537 g/mol. The second-order valence-electron chi connectivity index (χ2n) is 6.80. The summed E-state index contributed by atoms with van der Waals surface area (Å²) in [5.41, 5.74) is -0.130. The molecule has 0 amide bonds. The predicted octanol–water partition coefficient (Wildman–Crippen LogP) is 4.32. The highest BCUT2D eigenvalue weighted by Crippen LogP contribution is 2.32. The van der Waals surface area contributed by atoms with E-state index in [9.17, 15) is 17.6 Å². The fraction of sp³-hybridized carbons (Fsp3) is 0.400. The highest BCUT2D eigenvalue weighted by Gasteiger charge is 2.33. The van der Waals surface area contributed by atoms with Gasteiger partial charge in [-0.15, -0.1) is 24.0 Å². The molecule has 2 N–H and O–H groups in total. The Balaban J connectivity index is 0.00000320. The van der Waals surface area contributed by atoms with Crippen molar-refractivity contribution in [2.45, 2.75) is 32.1 Å². The van der Waals surface area contributed by atoms with Crippen LogP contribution in [0.2, 0.25) is 0 Å². The summed E-state index contributed by atoms with van der Waals surface area (Å²) in [5.74, 6) is 0.365. The van der Waals surface area contributed by atoms with Gasteiger partial charge in [0.15, 0.2) is 5.96 Å². The average Bonchev–Trinajstić information content (AvgIpc) is 3.23. The summed E-state index contributed by atoms with van der Waals surface area (Å²) in [4.78, 5) is 10.7. The number of nitrogens with one attached hydrogen (secondary N) is 2. The van der Waals surface area contributed by atoms with Gasteiger partial charge in [-0.05, 0) is 42.2 Å². The molecule has 0 aliphatic carbocycles. The molecule has 0 bridgehead atoms. The molecule has 5 nitrogen and oxygen atoms in total. The van der Waals surface area contributed by atoms with Crippen molar-refractivity contribution in [1.29, 1.82) is 0 Å². The number of anilines is 1. The number of alkyl halides is 3. The summed E-state index contributed by atoms with van der Waals surface area (Å²) in [7, 11) is 1.53. The molecule has 0 atom stereocenters. The lowest BCUT2D eigenvalue weighted by molar-refractivity contribution is -0.138. The first-order chi connectivity index (χ1) is 13.9. The second-order valence-corrected chi connectivity index (χ2v) is 6.80. The molecular weight excluding hydrogens is 513 g/mol. The summed E-state index contributed by atoms with van der Waals surface area (Å²) < 4.78 is 52.5. The molecule has 0 unspecified atom stereocenters. The Labute approximate surface area is 190 Å². The number of hydrogen-bond acceptors (Lipinski definition) is 3. The zero-order valence-electron chi connectivity index (χ0n) is 16.5. The molecule has 1 aromatic carbocycles. The van der Waals surface area contributed by atoms with Crippen molar-refractivity contribution in [2.24, 2.45) is 4.99 Å². The van der Waals surface area contributed by atoms with Crippen LogP contribution in [0, 0.1) is 5.82 Å². The van der Waals surface area contributed by atoms with Crippen molar-refractivity contribution in [3.63, 3.8) is 0 Å². The first-order valence-corrected chi connectivity index (χ1v) is 9.37. The van der Waals surface area contributed by atoms with E-state index in [0.29, 0.717) is 18.6 Å². The first-order valence-electron chi connectivity index (χ1n) is 9.37. The van der Waals surface area contributed by atoms with Crippen LogP contribution in [0.25, 0.3) is 0 Å². The zero-order chi connectivity index (χ0) is 20.9. The number of hydrogen-bond donors (Lipinski definition) is 2. The van der Waals surface area contributed by atoms with Gasteiger partial charge < -0.3 is 15.5 Å². The minimum Gasteiger partial charge on any atom is -0.357 e. The number of pyridine rings is 1.